The molecule has 0 amide bonds. The van der Waals surface area contributed by atoms with Crippen molar-refractivity contribution in [1.29, 1.82) is 0 Å². The van der Waals surface area contributed by atoms with Crippen molar-refractivity contribution in [3.05, 3.63) is 108 Å². The van der Waals surface area contributed by atoms with E-state index >= 15 is 0 Å². The number of aliphatic imine (C=N–C) groups is 2. The molecule has 8 nitrogen and oxygen atoms in total. The molecule has 0 bridgehead atoms. The highest BCUT2D eigenvalue weighted by Gasteiger charge is 2.32. The number of aromatic amines is 1. The number of allylic oxidation sites excluding steroid dienone is 1. The van der Waals surface area contributed by atoms with E-state index in [0.29, 0.717) is 31.2 Å². The summed E-state index contributed by atoms with van der Waals surface area (Å²) in [7, 11) is 3.32. The number of fused-ring (bicyclic) bond motifs is 2. The van der Waals surface area contributed by atoms with Gasteiger partial charge in [-0.1, -0.05) is 48.5 Å². The maximum atomic E-state index is 6.01. The molecule has 196 valence electrons. The van der Waals surface area contributed by atoms with Crippen molar-refractivity contribution in [3.63, 3.8) is 0 Å². The molecule has 1 aliphatic carbocycles. The monoisotopic (exact) mass is 519 g/mol. The Hall–Kier alpha value is -4.69. The summed E-state index contributed by atoms with van der Waals surface area (Å²) < 4.78 is 16.9. The van der Waals surface area contributed by atoms with Crippen LogP contribution in [-0.2, 0) is 14.2 Å². The lowest BCUT2D eigenvalue weighted by atomic mass is 9.93. The number of amidine groups is 2. The lowest BCUT2D eigenvalue weighted by molar-refractivity contribution is 0.103. The van der Waals surface area contributed by atoms with Crippen LogP contribution < -0.4 is 5.32 Å². The summed E-state index contributed by atoms with van der Waals surface area (Å²) in [6.07, 6.45) is 4.35. The Balaban J connectivity index is 1.40. The average molecular weight is 520 g/mol. The van der Waals surface area contributed by atoms with Gasteiger partial charge < -0.3 is 19.5 Å². The molecule has 6 rings (SSSR count). The van der Waals surface area contributed by atoms with Gasteiger partial charge in [-0.25, -0.2) is 4.99 Å². The number of benzene rings is 3. The summed E-state index contributed by atoms with van der Waals surface area (Å²) in [6.45, 7) is 0.905. The second kappa shape index (κ2) is 11.0. The first kappa shape index (κ1) is 24.6. The SMILES string of the molecule is COCCOC1=C(OC)CC2N=C(c3cccc(-c4ccccc4)c3)N=C(Nc3ccc4[nH]ncc4c3)C2=C1. The fraction of sp³-hybridized carbons (Fsp3) is 0.194. The van der Waals surface area contributed by atoms with Gasteiger partial charge in [0.2, 0.25) is 0 Å². The normalized spacial score (nSPS) is 16.8. The van der Waals surface area contributed by atoms with E-state index in [-0.39, 0.29) is 6.04 Å². The van der Waals surface area contributed by atoms with Gasteiger partial charge in [-0.05, 0) is 41.5 Å². The highest BCUT2D eigenvalue weighted by atomic mass is 16.5. The van der Waals surface area contributed by atoms with Gasteiger partial charge in [-0.15, -0.1) is 0 Å². The maximum absolute atomic E-state index is 6.01. The first-order valence-corrected chi connectivity index (χ1v) is 12.8. The molecule has 3 aromatic carbocycles. The molecular formula is C31H29N5O3. The van der Waals surface area contributed by atoms with Crippen LogP contribution in [0.15, 0.2) is 112 Å². The average Bonchev–Trinajstić information content (AvgIpc) is 3.45. The predicted octanol–water partition coefficient (Wildman–Crippen LogP) is 5.72. The fourth-order valence-electron chi connectivity index (χ4n) is 4.80. The number of H-pyrrole nitrogens is 1. The Bertz CT molecular complexity index is 1620. The molecular weight excluding hydrogens is 490 g/mol. The van der Waals surface area contributed by atoms with Crippen molar-refractivity contribution < 1.29 is 14.2 Å². The Morgan fingerprint density at radius 2 is 1.77 bits per heavy atom. The maximum Gasteiger partial charge on any atom is 0.157 e. The number of anilines is 1. The minimum absolute atomic E-state index is 0.178. The molecule has 2 heterocycles. The fourth-order valence-corrected chi connectivity index (χ4v) is 4.80. The van der Waals surface area contributed by atoms with Crippen molar-refractivity contribution in [3.8, 4) is 11.1 Å². The molecule has 2 aliphatic rings. The standard InChI is InChI=1S/C31H29N5O3/c1-37-13-14-39-29-17-25-27(18-28(29)38-2)34-30(22-10-6-9-21(15-22)20-7-4-3-5-8-20)35-31(25)33-24-11-12-26-23(16-24)19-32-36-26/h3-12,15-17,19,27H,13-14,18H2,1-2H3,(H,32,36)(H,33,34,35). The molecule has 0 fully saturated rings. The minimum atomic E-state index is -0.178. The summed E-state index contributed by atoms with van der Waals surface area (Å²) in [6, 6.07) is 24.5. The van der Waals surface area contributed by atoms with Crippen LogP contribution in [0.5, 0.6) is 0 Å². The van der Waals surface area contributed by atoms with Crippen LogP contribution in [0.25, 0.3) is 22.0 Å². The zero-order valence-corrected chi connectivity index (χ0v) is 21.8. The molecule has 39 heavy (non-hydrogen) atoms. The Labute approximate surface area is 226 Å². The lowest BCUT2D eigenvalue weighted by Crippen LogP contribution is -2.32. The van der Waals surface area contributed by atoms with Crippen molar-refractivity contribution in [2.45, 2.75) is 12.5 Å². The van der Waals surface area contributed by atoms with E-state index in [1.165, 1.54) is 0 Å². The van der Waals surface area contributed by atoms with Gasteiger partial charge in [0.25, 0.3) is 0 Å². The molecule has 1 atom stereocenters. The number of aromatic nitrogens is 2. The molecule has 4 aromatic rings. The van der Waals surface area contributed by atoms with Gasteiger partial charge in [-0.2, -0.15) is 5.10 Å². The van der Waals surface area contributed by atoms with E-state index in [9.17, 15) is 0 Å². The summed E-state index contributed by atoms with van der Waals surface area (Å²) in [5.41, 5.74) is 6.03. The summed E-state index contributed by atoms with van der Waals surface area (Å²) in [4.78, 5) is 10.1. The molecule has 0 spiro atoms. The van der Waals surface area contributed by atoms with Crippen LogP contribution in [0.1, 0.15) is 12.0 Å². The third kappa shape index (κ3) is 5.19. The van der Waals surface area contributed by atoms with Gasteiger partial charge in [0.15, 0.2) is 11.6 Å². The molecule has 1 unspecified atom stereocenters. The second-order valence-corrected chi connectivity index (χ2v) is 9.31. The van der Waals surface area contributed by atoms with E-state index in [1.807, 2.05) is 60.8 Å². The van der Waals surface area contributed by atoms with Crippen molar-refractivity contribution in [2.24, 2.45) is 9.98 Å². The van der Waals surface area contributed by atoms with Gasteiger partial charge in [0, 0.05) is 35.7 Å². The van der Waals surface area contributed by atoms with Gasteiger partial charge in [0.05, 0.1) is 31.5 Å². The van der Waals surface area contributed by atoms with Gasteiger partial charge in [0.1, 0.15) is 18.2 Å². The first-order chi connectivity index (χ1) is 19.2. The third-order valence-corrected chi connectivity index (χ3v) is 6.79. The van der Waals surface area contributed by atoms with Crippen LogP contribution in [-0.4, -0.2) is 55.3 Å². The topological polar surface area (TPSA) is 93.1 Å². The molecule has 1 aromatic heterocycles. The number of nitrogens with one attached hydrogen (secondary N) is 2. The van der Waals surface area contributed by atoms with Gasteiger partial charge in [-0.3, -0.25) is 10.1 Å². The number of rotatable bonds is 8. The zero-order chi connectivity index (χ0) is 26.6. The van der Waals surface area contributed by atoms with Crippen molar-refractivity contribution in [1.82, 2.24) is 10.2 Å². The Morgan fingerprint density at radius 1 is 0.923 bits per heavy atom. The van der Waals surface area contributed by atoms with E-state index in [2.05, 4.69) is 39.8 Å². The van der Waals surface area contributed by atoms with Crippen LogP contribution in [0.3, 0.4) is 0 Å². The zero-order valence-electron chi connectivity index (χ0n) is 21.8. The third-order valence-electron chi connectivity index (χ3n) is 6.79. The van der Waals surface area contributed by atoms with Gasteiger partial charge >= 0.3 is 0 Å². The molecule has 8 heteroatoms. The lowest BCUT2D eigenvalue weighted by Gasteiger charge is -2.29. The highest BCUT2D eigenvalue weighted by molar-refractivity contribution is 6.19. The predicted molar refractivity (Wildman–Crippen MR) is 154 cm³/mol. The Morgan fingerprint density at radius 3 is 2.62 bits per heavy atom. The smallest absolute Gasteiger partial charge is 0.157 e. The van der Waals surface area contributed by atoms with E-state index in [0.717, 1.165) is 50.4 Å². The number of ether oxygens (including phenoxy) is 3. The van der Waals surface area contributed by atoms with E-state index in [4.69, 9.17) is 24.2 Å². The molecule has 0 saturated heterocycles. The summed E-state index contributed by atoms with van der Waals surface area (Å²) >= 11 is 0. The number of hydrogen-bond donors (Lipinski definition) is 2. The largest absolute Gasteiger partial charge is 0.497 e. The molecule has 1 aliphatic heterocycles. The van der Waals surface area contributed by atoms with Crippen molar-refractivity contribution in [2.75, 3.05) is 32.8 Å². The number of methoxy groups -OCH3 is 2. The van der Waals surface area contributed by atoms with Crippen LogP contribution in [0, 0.1) is 0 Å². The molecule has 0 saturated carbocycles. The second-order valence-electron chi connectivity index (χ2n) is 9.31. The first-order valence-electron chi connectivity index (χ1n) is 12.8. The van der Waals surface area contributed by atoms with E-state index in [1.54, 1.807) is 14.2 Å². The highest BCUT2D eigenvalue weighted by Crippen LogP contribution is 2.33. The molecule has 2 N–H and O–H groups in total. The molecule has 0 radical (unpaired) electrons. The minimum Gasteiger partial charge on any atom is -0.497 e. The summed E-state index contributed by atoms with van der Waals surface area (Å²) in [5, 5.41) is 11.7. The van der Waals surface area contributed by atoms with Crippen LogP contribution >= 0.6 is 0 Å². The van der Waals surface area contributed by atoms with Crippen LogP contribution in [0.4, 0.5) is 5.69 Å². The number of hydrogen-bond acceptors (Lipinski definition) is 7. The van der Waals surface area contributed by atoms with Crippen LogP contribution in [0.2, 0.25) is 0 Å². The Kier molecular flexibility index (Phi) is 6.93. The number of nitrogens with zero attached hydrogens (tertiary/aromatic N) is 3. The van der Waals surface area contributed by atoms with Crippen molar-refractivity contribution >= 4 is 28.3 Å². The summed E-state index contributed by atoms with van der Waals surface area (Å²) in [5.74, 6) is 2.81. The van der Waals surface area contributed by atoms with E-state index < -0.39 is 0 Å². The quantitative estimate of drug-likeness (QED) is 0.291.